The highest BCUT2D eigenvalue weighted by molar-refractivity contribution is 5.98. The molecule has 0 atom stereocenters. The lowest BCUT2D eigenvalue weighted by Gasteiger charge is -2.31. The monoisotopic (exact) mass is 831 g/mol. The third kappa shape index (κ3) is 6.29. The molecule has 12 rings (SSSR count). The fourth-order valence-electron chi connectivity index (χ4n) is 11.0. The molecule has 2 aliphatic rings. The molecule has 2 aliphatic carbocycles. The van der Waals surface area contributed by atoms with Crippen molar-refractivity contribution in [3.05, 3.63) is 247 Å². The van der Waals surface area contributed by atoms with Crippen LogP contribution in [0.5, 0.6) is 0 Å². The minimum Gasteiger partial charge on any atom is -0.310 e. The van der Waals surface area contributed by atoms with Gasteiger partial charge in [0.2, 0.25) is 0 Å². The van der Waals surface area contributed by atoms with Crippen LogP contribution in [-0.2, 0) is 10.8 Å². The number of benzene rings is 10. The Morgan fingerprint density at radius 3 is 1.32 bits per heavy atom. The Bertz CT molecular complexity index is 3460. The Hall–Kier alpha value is -7.74. The van der Waals surface area contributed by atoms with Crippen molar-refractivity contribution in [2.45, 2.75) is 38.5 Å². The fourth-order valence-corrected chi connectivity index (χ4v) is 11.0. The van der Waals surface area contributed by atoms with E-state index in [4.69, 9.17) is 0 Å². The minimum absolute atomic E-state index is 0.214. The molecular weight excluding hydrogens is 783 g/mol. The summed E-state index contributed by atoms with van der Waals surface area (Å²) in [6, 6.07) is 83.3. The highest BCUT2D eigenvalue weighted by atomic mass is 15.1. The lowest BCUT2D eigenvalue weighted by atomic mass is 9.81. The second kappa shape index (κ2) is 14.9. The van der Waals surface area contributed by atoms with E-state index >= 15 is 0 Å². The summed E-state index contributed by atoms with van der Waals surface area (Å²) in [7, 11) is 0. The molecule has 0 heterocycles. The van der Waals surface area contributed by atoms with Gasteiger partial charge < -0.3 is 4.90 Å². The zero-order valence-electron chi connectivity index (χ0n) is 37.3. The van der Waals surface area contributed by atoms with Crippen LogP contribution in [-0.4, -0.2) is 0 Å². The smallest absolute Gasteiger partial charge is 0.0540 e. The van der Waals surface area contributed by atoms with Crippen LogP contribution in [0.1, 0.15) is 49.9 Å². The SMILES string of the molecule is CC1(C)c2cc(-c3ccc(-c4ccccc4)cc3)ccc2-c2ccc(N(c3ccc4c(c3)C(C)(C)c3cc(-c5cccc6ccccc56)ccc3-4)c3ccccc3-c3ccccc3)cc21. The average Bonchev–Trinajstić information content (AvgIpc) is 3.72. The molecular formula is C64H49N. The first kappa shape index (κ1) is 38.9. The Morgan fingerprint density at radius 1 is 0.277 bits per heavy atom. The Kier molecular flexibility index (Phi) is 8.94. The molecule has 1 nitrogen and oxygen atoms in total. The number of fused-ring (bicyclic) bond motifs is 7. The van der Waals surface area contributed by atoms with Crippen LogP contribution in [0.2, 0.25) is 0 Å². The van der Waals surface area contributed by atoms with E-state index in [1.54, 1.807) is 0 Å². The van der Waals surface area contributed by atoms with E-state index in [2.05, 4.69) is 257 Å². The van der Waals surface area contributed by atoms with E-state index in [0.717, 1.165) is 17.1 Å². The van der Waals surface area contributed by atoms with E-state index in [1.165, 1.54) is 99.8 Å². The summed E-state index contributed by atoms with van der Waals surface area (Å²) in [5.41, 5.74) is 23.6. The average molecular weight is 832 g/mol. The van der Waals surface area contributed by atoms with Crippen LogP contribution in [0.3, 0.4) is 0 Å². The third-order valence-electron chi connectivity index (χ3n) is 14.5. The first-order valence-corrected chi connectivity index (χ1v) is 22.9. The van der Waals surface area contributed by atoms with Crippen LogP contribution in [0, 0.1) is 0 Å². The fraction of sp³-hybridized carbons (Fsp3) is 0.0938. The molecule has 310 valence electrons. The first-order valence-electron chi connectivity index (χ1n) is 22.9. The van der Waals surface area contributed by atoms with E-state index in [9.17, 15) is 0 Å². The molecule has 10 aromatic carbocycles. The summed E-state index contributed by atoms with van der Waals surface area (Å²) in [6.07, 6.45) is 0. The molecule has 0 fully saturated rings. The van der Waals surface area contributed by atoms with Crippen molar-refractivity contribution < 1.29 is 0 Å². The molecule has 1 heteroatoms. The Labute approximate surface area is 383 Å². The van der Waals surface area contributed by atoms with Crippen molar-refractivity contribution >= 4 is 27.8 Å². The standard InChI is InChI=1S/C64H49N/c1-63(2)58-38-47(44-28-26-43(27-29-44)42-16-7-5-8-17-42)30-34-54(58)56-36-32-49(40-60(56)63)65(62-25-14-13-23-53(62)46-18-9-6-10-19-46)50-33-37-57-55-35-31-48(39-59(55)64(3,4)61(57)41-50)52-24-15-21-45-20-11-12-22-51(45)52/h5-41H,1-4H3. The first-order chi connectivity index (χ1) is 31.7. The highest BCUT2D eigenvalue weighted by Gasteiger charge is 2.38. The van der Waals surface area contributed by atoms with Gasteiger partial charge in [-0.25, -0.2) is 0 Å². The van der Waals surface area contributed by atoms with Gasteiger partial charge in [0.15, 0.2) is 0 Å². The number of rotatable bonds is 7. The maximum atomic E-state index is 2.50. The number of para-hydroxylation sites is 1. The molecule has 0 amide bonds. The number of anilines is 3. The minimum atomic E-state index is -0.215. The van der Waals surface area contributed by atoms with Gasteiger partial charge in [0.05, 0.1) is 5.69 Å². The van der Waals surface area contributed by atoms with Gasteiger partial charge in [0.25, 0.3) is 0 Å². The van der Waals surface area contributed by atoms with Crippen molar-refractivity contribution in [1.82, 2.24) is 0 Å². The van der Waals surface area contributed by atoms with Crippen LogP contribution in [0.25, 0.3) is 77.5 Å². The molecule has 0 spiro atoms. The quantitative estimate of drug-likeness (QED) is 0.155. The molecule has 0 aliphatic heterocycles. The zero-order valence-corrected chi connectivity index (χ0v) is 37.3. The predicted octanol–water partition coefficient (Wildman–Crippen LogP) is 17.6. The van der Waals surface area contributed by atoms with E-state index < -0.39 is 0 Å². The maximum Gasteiger partial charge on any atom is 0.0540 e. The molecule has 0 saturated carbocycles. The highest BCUT2D eigenvalue weighted by Crippen LogP contribution is 2.55. The van der Waals surface area contributed by atoms with Crippen LogP contribution >= 0.6 is 0 Å². The van der Waals surface area contributed by atoms with Gasteiger partial charge in [-0.15, -0.1) is 0 Å². The predicted molar refractivity (Wildman–Crippen MR) is 276 cm³/mol. The van der Waals surface area contributed by atoms with Crippen LogP contribution in [0.4, 0.5) is 17.1 Å². The van der Waals surface area contributed by atoms with Crippen LogP contribution in [0.15, 0.2) is 224 Å². The number of hydrogen-bond acceptors (Lipinski definition) is 1. The lowest BCUT2D eigenvalue weighted by Crippen LogP contribution is -2.18. The van der Waals surface area contributed by atoms with E-state index in [1.807, 2.05) is 0 Å². The topological polar surface area (TPSA) is 3.24 Å². The summed E-state index contributed by atoms with van der Waals surface area (Å²) < 4.78 is 0. The Balaban J connectivity index is 0.961. The van der Waals surface area contributed by atoms with Crippen molar-refractivity contribution in [3.63, 3.8) is 0 Å². The van der Waals surface area contributed by atoms with Gasteiger partial charge in [-0.2, -0.15) is 0 Å². The second-order valence-electron chi connectivity index (χ2n) is 18.9. The van der Waals surface area contributed by atoms with E-state index in [0.29, 0.717) is 0 Å². The van der Waals surface area contributed by atoms with Crippen molar-refractivity contribution in [2.24, 2.45) is 0 Å². The number of nitrogens with zero attached hydrogens (tertiary/aromatic N) is 1. The number of hydrogen-bond donors (Lipinski definition) is 0. The summed E-state index contributed by atoms with van der Waals surface area (Å²) in [6.45, 7) is 9.59. The lowest BCUT2D eigenvalue weighted by molar-refractivity contribution is 0.660. The summed E-state index contributed by atoms with van der Waals surface area (Å²) in [5, 5.41) is 2.55. The van der Waals surface area contributed by atoms with Gasteiger partial charge in [0, 0.05) is 27.8 Å². The van der Waals surface area contributed by atoms with Gasteiger partial charge >= 0.3 is 0 Å². The largest absolute Gasteiger partial charge is 0.310 e. The Morgan fingerprint density at radius 2 is 0.692 bits per heavy atom. The van der Waals surface area contributed by atoms with E-state index in [-0.39, 0.29) is 10.8 Å². The summed E-state index contributed by atoms with van der Waals surface area (Å²) in [5.74, 6) is 0. The van der Waals surface area contributed by atoms with Crippen molar-refractivity contribution in [2.75, 3.05) is 4.90 Å². The van der Waals surface area contributed by atoms with Crippen molar-refractivity contribution in [1.29, 1.82) is 0 Å². The third-order valence-corrected chi connectivity index (χ3v) is 14.5. The van der Waals surface area contributed by atoms with Crippen LogP contribution < -0.4 is 4.90 Å². The molecule has 0 radical (unpaired) electrons. The van der Waals surface area contributed by atoms with Gasteiger partial charge in [-0.3, -0.25) is 0 Å². The second-order valence-corrected chi connectivity index (χ2v) is 18.9. The van der Waals surface area contributed by atoms with Gasteiger partial charge in [-0.05, 0) is 137 Å². The zero-order chi connectivity index (χ0) is 43.9. The summed E-state index contributed by atoms with van der Waals surface area (Å²) in [4.78, 5) is 2.50. The molecule has 10 aromatic rings. The maximum absolute atomic E-state index is 2.50. The van der Waals surface area contributed by atoms with Gasteiger partial charge in [0.1, 0.15) is 0 Å². The normalized spacial score (nSPS) is 13.8. The molecule has 0 N–H and O–H groups in total. The molecule has 0 unspecified atom stereocenters. The molecule has 0 saturated heterocycles. The molecule has 65 heavy (non-hydrogen) atoms. The van der Waals surface area contributed by atoms with Gasteiger partial charge in [-0.1, -0.05) is 210 Å². The van der Waals surface area contributed by atoms with Crippen molar-refractivity contribution in [3.8, 4) is 66.8 Å². The molecule has 0 bridgehead atoms. The molecule has 0 aromatic heterocycles. The summed E-state index contributed by atoms with van der Waals surface area (Å²) >= 11 is 0.